The molecule has 3 aromatic carbocycles. The number of imidazole rings is 2. The highest BCUT2D eigenvalue weighted by atomic mass is 32.2. The molecule has 6 aromatic rings. The molecule has 11 heteroatoms. The Morgan fingerprint density at radius 3 is 2.32 bits per heavy atom. The number of aryl methyl sites for hydroxylation is 3. The van der Waals surface area contributed by atoms with Gasteiger partial charge in [-0.1, -0.05) is 18.2 Å². The second kappa shape index (κ2) is 8.54. The maximum atomic E-state index is 12.6. The summed E-state index contributed by atoms with van der Waals surface area (Å²) in [5, 5.41) is 4.29. The standard InChI is InChI=1S/C27H25N7O3S/c1-28-38(36,37)21-9-10-22-24(14-21)34(20-8-11-23-25(13-20)33(4)27(35)32(23)3)26(30-22)18-7-5-6-17(12-18)19-15-29-31(2)16-19/h5-16,28H,1-4H3. The topological polar surface area (TPSA) is 109 Å². The van der Waals surface area contributed by atoms with Crippen molar-refractivity contribution in [2.75, 3.05) is 7.05 Å². The lowest BCUT2D eigenvalue weighted by atomic mass is 10.1. The maximum absolute atomic E-state index is 12.6. The minimum Gasteiger partial charge on any atom is -0.295 e. The van der Waals surface area contributed by atoms with Gasteiger partial charge in [-0.2, -0.15) is 5.10 Å². The van der Waals surface area contributed by atoms with E-state index in [-0.39, 0.29) is 10.6 Å². The molecule has 0 aliphatic heterocycles. The minimum absolute atomic E-state index is 0.126. The molecule has 3 heterocycles. The summed E-state index contributed by atoms with van der Waals surface area (Å²) in [5.74, 6) is 0.644. The van der Waals surface area contributed by atoms with E-state index in [0.29, 0.717) is 16.9 Å². The predicted octanol–water partition coefficient (Wildman–Crippen LogP) is 3.19. The highest BCUT2D eigenvalue weighted by Crippen LogP contribution is 2.33. The van der Waals surface area contributed by atoms with Crippen molar-refractivity contribution in [1.82, 2.24) is 33.2 Å². The van der Waals surface area contributed by atoms with E-state index in [1.807, 2.05) is 60.3 Å². The van der Waals surface area contributed by atoms with Crippen LogP contribution in [0.5, 0.6) is 0 Å². The summed E-state index contributed by atoms with van der Waals surface area (Å²) in [6.07, 6.45) is 3.75. The molecule has 0 saturated carbocycles. The Balaban J connectivity index is 1.65. The molecular weight excluding hydrogens is 502 g/mol. The van der Waals surface area contributed by atoms with Crippen molar-refractivity contribution >= 4 is 32.1 Å². The third-order valence-corrected chi connectivity index (χ3v) is 8.29. The molecule has 0 fully saturated rings. The van der Waals surface area contributed by atoms with Crippen LogP contribution in [0, 0.1) is 0 Å². The summed E-state index contributed by atoms with van der Waals surface area (Å²) >= 11 is 0. The molecule has 6 rings (SSSR count). The maximum Gasteiger partial charge on any atom is 0.328 e. The smallest absolute Gasteiger partial charge is 0.295 e. The first-order chi connectivity index (χ1) is 18.2. The quantitative estimate of drug-likeness (QED) is 0.370. The monoisotopic (exact) mass is 527 g/mol. The summed E-state index contributed by atoms with van der Waals surface area (Å²) < 4.78 is 34.5. The third-order valence-electron chi connectivity index (χ3n) is 6.88. The van der Waals surface area contributed by atoms with Crippen LogP contribution in [-0.4, -0.2) is 43.9 Å². The van der Waals surface area contributed by atoms with Gasteiger partial charge in [-0.15, -0.1) is 0 Å². The molecule has 0 amide bonds. The lowest BCUT2D eigenvalue weighted by molar-refractivity contribution is 0.588. The van der Waals surface area contributed by atoms with Crippen LogP contribution in [0.4, 0.5) is 0 Å². The van der Waals surface area contributed by atoms with Gasteiger partial charge in [0, 0.05) is 44.2 Å². The first kappa shape index (κ1) is 23.9. The molecular formula is C27H25N7O3S. The molecule has 0 aliphatic carbocycles. The van der Waals surface area contributed by atoms with E-state index in [2.05, 4.69) is 9.82 Å². The molecule has 0 spiro atoms. The second-order valence-electron chi connectivity index (χ2n) is 9.19. The Labute approximate surface area is 218 Å². The number of hydrogen-bond donors (Lipinski definition) is 1. The van der Waals surface area contributed by atoms with Crippen molar-refractivity contribution in [2.24, 2.45) is 21.1 Å². The zero-order chi connectivity index (χ0) is 26.8. The molecule has 0 saturated heterocycles. The molecule has 38 heavy (non-hydrogen) atoms. The normalized spacial score (nSPS) is 12.1. The van der Waals surface area contributed by atoms with Crippen molar-refractivity contribution in [3.8, 4) is 28.2 Å². The van der Waals surface area contributed by atoms with E-state index in [4.69, 9.17) is 4.98 Å². The van der Waals surface area contributed by atoms with Gasteiger partial charge in [0.2, 0.25) is 10.0 Å². The second-order valence-corrected chi connectivity index (χ2v) is 11.1. The molecule has 3 aromatic heterocycles. The number of hydrogen-bond acceptors (Lipinski definition) is 5. The van der Waals surface area contributed by atoms with Crippen molar-refractivity contribution < 1.29 is 8.42 Å². The van der Waals surface area contributed by atoms with E-state index >= 15 is 0 Å². The van der Waals surface area contributed by atoms with Gasteiger partial charge in [-0.25, -0.2) is 22.9 Å². The lowest BCUT2D eigenvalue weighted by Gasteiger charge is -2.12. The van der Waals surface area contributed by atoms with Gasteiger partial charge in [-0.05, 0) is 55.1 Å². The number of fused-ring (bicyclic) bond motifs is 2. The van der Waals surface area contributed by atoms with Crippen LogP contribution in [0.1, 0.15) is 0 Å². The number of nitrogens with one attached hydrogen (secondary N) is 1. The summed E-state index contributed by atoms with van der Waals surface area (Å²) in [4.78, 5) is 17.6. The van der Waals surface area contributed by atoms with Crippen LogP contribution in [0.25, 0.3) is 50.3 Å². The van der Waals surface area contributed by atoms with Gasteiger partial charge in [0.1, 0.15) is 5.82 Å². The molecule has 0 aliphatic rings. The SMILES string of the molecule is CNS(=O)(=O)c1ccc2nc(-c3cccc(-c4cnn(C)c4)c3)n(-c3ccc4c(c3)n(C)c(=O)n4C)c2c1. The van der Waals surface area contributed by atoms with E-state index in [1.165, 1.54) is 7.05 Å². The van der Waals surface area contributed by atoms with Crippen LogP contribution >= 0.6 is 0 Å². The zero-order valence-corrected chi connectivity index (χ0v) is 22.1. The van der Waals surface area contributed by atoms with Gasteiger partial charge >= 0.3 is 5.69 Å². The van der Waals surface area contributed by atoms with Gasteiger partial charge in [0.25, 0.3) is 0 Å². The van der Waals surface area contributed by atoms with E-state index in [9.17, 15) is 13.2 Å². The fourth-order valence-corrected chi connectivity index (χ4v) is 5.59. The third kappa shape index (κ3) is 3.66. The van der Waals surface area contributed by atoms with Crippen molar-refractivity contribution in [3.05, 3.63) is 83.5 Å². The highest BCUT2D eigenvalue weighted by Gasteiger charge is 2.20. The summed E-state index contributed by atoms with van der Waals surface area (Å²) in [6.45, 7) is 0. The number of rotatable bonds is 5. The Hall–Kier alpha value is -4.48. The predicted molar refractivity (Wildman–Crippen MR) is 147 cm³/mol. The Morgan fingerprint density at radius 2 is 1.58 bits per heavy atom. The molecule has 192 valence electrons. The van der Waals surface area contributed by atoms with Crippen LogP contribution in [0.2, 0.25) is 0 Å². The first-order valence-electron chi connectivity index (χ1n) is 11.9. The Kier molecular flexibility index (Phi) is 5.37. The van der Waals surface area contributed by atoms with Crippen LogP contribution in [-0.2, 0) is 31.2 Å². The highest BCUT2D eigenvalue weighted by molar-refractivity contribution is 7.89. The first-order valence-corrected chi connectivity index (χ1v) is 13.4. The van der Waals surface area contributed by atoms with Crippen LogP contribution in [0.3, 0.4) is 0 Å². The fraction of sp³-hybridized carbons (Fsp3) is 0.148. The average Bonchev–Trinajstić information content (AvgIpc) is 3.60. The number of aromatic nitrogens is 6. The largest absolute Gasteiger partial charge is 0.328 e. The number of sulfonamides is 1. The minimum atomic E-state index is -3.68. The zero-order valence-electron chi connectivity index (χ0n) is 21.2. The number of nitrogens with zero attached hydrogens (tertiary/aromatic N) is 6. The van der Waals surface area contributed by atoms with Crippen LogP contribution in [0.15, 0.2) is 82.7 Å². The Bertz CT molecular complexity index is 2040. The molecule has 10 nitrogen and oxygen atoms in total. The van der Waals surface area contributed by atoms with Gasteiger partial charge < -0.3 is 0 Å². The van der Waals surface area contributed by atoms with Gasteiger partial charge in [0.15, 0.2) is 0 Å². The lowest BCUT2D eigenvalue weighted by Crippen LogP contribution is -2.19. The van der Waals surface area contributed by atoms with Crippen LogP contribution < -0.4 is 10.4 Å². The molecule has 0 unspecified atom stereocenters. The Morgan fingerprint density at radius 1 is 0.816 bits per heavy atom. The number of benzene rings is 3. The fourth-order valence-electron chi connectivity index (χ4n) is 4.84. The van der Waals surface area contributed by atoms with Crippen molar-refractivity contribution in [3.63, 3.8) is 0 Å². The van der Waals surface area contributed by atoms with Gasteiger partial charge in [-0.3, -0.25) is 18.4 Å². The van der Waals surface area contributed by atoms with E-state index < -0.39 is 10.0 Å². The summed E-state index contributed by atoms with van der Waals surface area (Å²) in [7, 11) is 3.05. The van der Waals surface area contributed by atoms with Crippen molar-refractivity contribution in [2.45, 2.75) is 4.90 Å². The molecule has 1 N–H and O–H groups in total. The molecule has 0 atom stereocenters. The van der Waals surface area contributed by atoms with Gasteiger partial charge in [0.05, 0.1) is 33.2 Å². The van der Waals surface area contributed by atoms with E-state index in [0.717, 1.165) is 33.4 Å². The van der Waals surface area contributed by atoms with Crippen molar-refractivity contribution in [1.29, 1.82) is 0 Å². The average molecular weight is 528 g/mol. The van der Waals surface area contributed by atoms with E-state index in [1.54, 1.807) is 52.3 Å². The molecule has 0 radical (unpaired) electrons. The summed E-state index contributed by atoms with van der Waals surface area (Å²) in [6, 6.07) is 18.6. The molecule has 0 bridgehead atoms. The summed E-state index contributed by atoms with van der Waals surface area (Å²) in [5.41, 5.74) is 6.25.